The van der Waals surface area contributed by atoms with E-state index >= 15 is 0 Å². The van der Waals surface area contributed by atoms with E-state index in [0.717, 1.165) is 31.2 Å². The van der Waals surface area contributed by atoms with Crippen LogP contribution < -0.4 is 0 Å². The molecule has 4 heteroatoms. The molecule has 0 aliphatic heterocycles. The van der Waals surface area contributed by atoms with Crippen molar-refractivity contribution >= 4 is 21.9 Å². The number of rotatable bonds is 5. The molecule has 1 unspecified atom stereocenters. The molecule has 2 rings (SSSR count). The highest BCUT2D eigenvalue weighted by molar-refractivity contribution is 9.09. The van der Waals surface area contributed by atoms with Crippen LogP contribution in [0.15, 0.2) is 18.2 Å². The molecule has 0 aromatic heterocycles. The number of aryl methyl sites for hydroxylation is 1. The van der Waals surface area contributed by atoms with Gasteiger partial charge in [0, 0.05) is 7.11 Å². The lowest BCUT2D eigenvalue weighted by molar-refractivity contribution is -0.142. The van der Waals surface area contributed by atoms with Gasteiger partial charge in [0.05, 0.1) is 12.7 Å². The van der Waals surface area contributed by atoms with Crippen LogP contribution in [0.3, 0.4) is 0 Å². The number of hydrogen-bond donors (Lipinski definition) is 0. The zero-order valence-corrected chi connectivity index (χ0v) is 15.2. The molecule has 1 fully saturated rings. The van der Waals surface area contributed by atoms with Gasteiger partial charge in [-0.25, -0.2) is 0 Å². The Morgan fingerprint density at radius 2 is 2.00 bits per heavy atom. The second kappa shape index (κ2) is 8.11. The third kappa shape index (κ3) is 3.90. The number of carbonyl (C=O) groups excluding carboxylic acids is 1. The summed E-state index contributed by atoms with van der Waals surface area (Å²) >= 11 is 3.53. The molecule has 1 atom stereocenters. The summed E-state index contributed by atoms with van der Waals surface area (Å²) in [5.74, 6) is 0.289. The molecular formula is C18H25BrO3. The number of benzene rings is 1. The topological polar surface area (TPSA) is 35.5 Å². The molecule has 0 bridgehead atoms. The maximum absolute atomic E-state index is 12.1. The molecule has 0 radical (unpaired) electrons. The Balaban J connectivity index is 2.25. The lowest BCUT2D eigenvalue weighted by Crippen LogP contribution is -2.21. The summed E-state index contributed by atoms with van der Waals surface area (Å²) in [7, 11) is 1.79. The van der Waals surface area contributed by atoms with Crippen LogP contribution in [0.25, 0.3) is 0 Å². The second-order valence-electron chi connectivity index (χ2n) is 5.90. The Morgan fingerprint density at radius 3 is 2.59 bits per heavy atom. The summed E-state index contributed by atoms with van der Waals surface area (Å²) in [4.78, 5) is 11.7. The van der Waals surface area contributed by atoms with E-state index in [1.807, 2.05) is 19.1 Å². The van der Waals surface area contributed by atoms with Crippen LogP contribution in [-0.2, 0) is 14.3 Å². The summed E-state index contributed by atoms with van der Waals surface area (Å²) in [6, 6.07) is 6.19. The van der Waals surface area contributed by atoms with Gasteiger partial charge in [-0.1, -0.05) is 34.1 Å². The van der Waals surface area contributed by atoms with Crippen molar-refractivity contribution in [2.45, 2.75) is 56.4 Å². The van der Waals surface area contributed by atoms with Crippen LogP contribution in [0.1, 0.15) is 60.0 Å². The van der Waals surface area contributed by atoms with Gasteiger partial charge in [-0.15, -0.1) is 0 Å². The fourth-order valence-electron chi connectivity index (χ4n) is 3.41. The number of halogens is 1. The smallest absolute Gasteiger partial charge is 0.324 e. The van der Waals surface area contributed by atoms with Gasteiger partial charge in [-0.3, -0.25) is 4.79 Å². The summed E-state index contributed by atoms with van der Waals surface area (Å²) in [6.07, 6.45) is 4.77. The van der Waals surface area contributed by atoms with E-state index in [-0.39, 0.29) is 10.8 Å². The molecule has 1 aliphatic carbocycles. The van der Waals surface area contributed by atoms with E-state index in [1.165, 1.54) is 11.1 Å². The van der Waals surface area contributed by atoms with Crippen molar-refractivity contribution in [1.29, 1.82) is 0 Å². The molecule has 0 N–H and O–H groups in total. The van der Waals surface area contributed by atoms with Crippen molar-refractivity contribution < 1.29 is 14.3 Å². The van der Waals surface area contributed by atoms with Gasteiger partial charge in [0.25, 0.3) is 0 Å². The van der Waals surface area contributed by atoms with Crippen molar-refractivity contribution in [3.05, 3.63) is 34.9 Å². The van der Waals surface area contributed by atoms with E-state index in [4.69, 9.17) is 9.47 Å². The molecule has 0 amide bonds. The fourth-order valence-corrected chi connectivity index (χ4v) is 3.94. The van der Waals surface area contributed by atoms with Crippen LogP contribution in [0.5, 0.6) is 0 Å². The lowest BCUT2D eigenvalue weighted by Gasteiger charge is -2.31. The van der Waals surface area contributed by atoms with Crippen molar-refractivity contribution in [2.75, 3.05) is 13.7 Å². The van der Waals surface area contributed by atoms with Gasteiger partial charge >= 0.3 is 5.97 Å². The first kappa shape index (κ1) is 17.5. The van der Waals surface area contributed by atoms with E-state index in [0.29, 0.717) is 18.6 Å². The quantitative estimate of drug-likeness (QED) is 0.559. The van der Waals surface area contributed by atoms with Crippen molar-refractivity contribution in [2.24, 2.45) is 0 Å². The highest BCUT2D eigenvalue weighted by Crippen LogP contribution is 2.40. The third-order valence-corrected chi connectivity index (χ3v) is 5.41. The van der Waals surface area contributed by atoms with E-state index in [2.05, 4.69) is 28.9 Å². The predicted molar refractivity (Wildman–Crippen MR) is 91.5 cm³/mol. The van der Waals surface area contributed by atoms with Gasteiger partial charge in [0.1, 0.15) is 4.83 Å². The first-order chi connectivity index (χ1) is 10.6. The molecule has 122 valence electrons. The number of methoxy groups -OCH3 is 1. The molecule has 1 aromatic rings. The number of alkyl halides is 1. The lowest BCUT2D eigenvalue weighted by atomic mass is 9.78. The Bertz CT molecular complexity index is 507. The van der Waals surface area contributed by atoms with Gasteiger partial charge in [-0.2, -0.15) is 0 Å². The number of carbonyl (C=O) groups is 1. The van der Waals surface area contributed by atoms with Crippen LogP contribution in [0.4, 0.5) is 0 Å². The zero-order chi connectivity index (χ0) is 16.1. The Hall–Kier alpha value is -0.870. The van der Waals surface area contributed by atoms with Crippen LogP contribution >= 0.6 is 15.9 Å². The first-order valence-electron chi connectivity index (χ1n) is 8.01. The fraction of sp³-hybridized carbons (Fsp3) is 0.611. The molecule has 0 spiro atoms. The highest BCUT2D eigenvalue weighted by Gasteiger charge is 2.29. The monoisotopic (exact) mass is 368 g/mol. The van der Waals surface area contributed by atoms with Gasteiger partial charge in [0.15, 0.2) is 0 Å². The average molecular weight is 369 g/mol. The normalized spacial score (nSPS) is 23.1. The van der Waals surface area contributed by atoms with E-state index in [9.17, 15) is 4.79 Å². The molecule has 3 nitrogen and oxygen atoms in total. The average Bonchev–Trinajstić information content (AvgIpc) is 2.54. The van der Waals surface area contributed by atoms with Crippen LogP contribution in [0.2, 0.25) is 0 Å². The largest absolute Gasteiger partial charge is 0.465 e. The maximum Gasteiger partial charge on any atom is 0.324 e. The summed E-state index contributed by atoms with van der Waals surface area (Å²) in [5, 5.41) is 0. The summed E-state index contributed by atoms with van der Waals surface area (Å²) < 4.78 is 10.6. The van der Waals surface area contributed by atoms with E-state index < -0.39 is 0 Å². The first-order valence-corrected chi connectivity index (χ1v) is 8.92. The van der Waals surface area contributed by atoms with Crippen molar-refractivity contribution in [3.8, 4) is 0 Å². The number of ether oxygens (including phenoxy) is 2. The van der Waals surface area contributed by atoms with Crippen LogP contribution in [-0.4, -0.2) is 25.8 Å². The van der Waals surface area contributed by atoms with Crippen LogP contribution in [0, 0.1) is 6.92 Å². The predicted octanol–water partition coefficient (Wildman–Crippen LogP) is 4.67. The molecule has 1 saturated carbocycles. The molecule has 0 heterocycles. The maximum atomic E-state index is 12.1. The number of esters is 1. The summed E-state index contributed by atoms with van der Waals surface area (Å²) in [6.45, 7) is 4.37. The third-order valence-electron chi connectivity index (χ3n) is 4.54. The van der Waals surface area contributed by atoms with Gasteiger partial charge < -0.3 is 9.47 Å². The SMILES string of the molecule is CCOC(=O)C(Br)c1cccc(C)c1C1CCC(OC)CC1. The van der Waals surface area contributed by atoms with E-state index in [1.54, 1.807) is 7.11 Å². The summed E-state index contributed by atoms with van der Waals surface area (Å²) in [5.41, 5.74) is 3.62. The Kier molecular flexibility index (Phi) is 6.45. The van der Waals surface area contributed by atoms with Gasteiger partial charge in [-0.05, 0) is 62.1 Å². The molecule has 1 aliphatic rings. The second-order valence-corrected chi connectivity index (χ2v) is 6.82. The minimum atomic E-state index is -0.387. The molecule has 1 aromatic carbocycles. The van der Waals surface area contributed by atoms with Crippen molar-refractivity contribution in [1.82, 2.24) is 0 Å². The minimum Gasteiger partial charge on any atom is -0.465 e. The number of hydrogen-bond acceptors (Lipinski definition) is 3. The zero-order valence-electron chi connectivity index (χ0n) is 13.6. The Morgan fingerprint density at radius 1 is 1.32 bits per heavy atom. The molecule has 0 saturated heterocycles. The minimum absolute atomic E-state index is 0.208. The van der Waals surface area contributed by atoms with Gasteiger partial charge in [0.2, 0.25) is 0 Å². The Labute approximate surface area is 141 Å². The molecular weight excluding hydrogens is 344 g/mol. The standard InChI is InChI=1S/C18H25BrO3/c1-4-22-18(20)17(19)15-7-5-6-12(2)16(15)13-8-10-14(21-3)11-9-13/h5-7,13-14,17H,4,8-11H2,1-3H3. The van der Waals surface area contributed by atoms with Crippen molar-refractivity contribution in [3.63, 3.8) is 0 Å². The molecule has 22 heavy (non-hydrogen) atoms. The highest BCUT2D eigenvalue weighted by atomic mass is 79.9.